The van der Waals surface area contributed by atoms with Crippen LogP contribution in [0.25, 0.3) is 5.57 Å². The highest BCUT2D eigenvalue weighted by Gasteiger charge is 2.31. The van der Waals surface area contributed by atoms with E-state index in [9.17, 15) is 4.79 Å². The molecule has 19 heavy (non-hydrogen) atoms. The Morgan fingerprint density at radius 3 is 2.79 bits per heavy atom. The van der Waals surface area contributed by atoms with Crippen molar-refractivity contribution in [3.63, 3.8) is 0 Å². The highest BCUT2D eigenvalue weighted by atomic mass is 16.5. The predicted octanol–water partition coefficient (Wildman–Crippen LogP) is 3.99. The first-order valence-corrected chi connectivity index (χ1v) is 6.86. The van der Waals surface area contributed by atoms with Gasteiger partial charge in [0.25, 0.3) is 0 Å². The molecule has 1 aliphatic rings. The van der Waals surface area contributed by atoms with Crippen molar-refractivity contribution in [1.82, 2.24) is 0 Å². The predicted molar refractivity (Wildman–Crippen MR) is 77.5 cm³/mol. The Hall–Kier alpha value is -1.83. The third-order valence-electron chi connectivity index (χ3n) is 3.50. The highest BCUT2D eigenvalue weighted by Crippen LogP contribution is 2.33. The van der Waals surface area contributed by atoms with Crippen LogP contribution >= 0.6 is 0 Å². The van der Waals surface area contributed by atoms with Gasteiger partial charge in [0, 0.05) is 5.92 Å². The molecule has 1 saturated heterocycles. The Morgan fingerprint density at radius 1 is 1.42 bits per heavy atom. The first-order chi connectivity index (χ1) is 9.27. The van der Waals surface area contributed by atoms with Gasteiger partial charge in [-0.1, -0.05) is 49.8 Å². The third kappa shape index (κ3) is 2.95. The Morgan fingerprint density at radius 2 is 2.16 bits per heavy atom. The topological polar surface area (TPSA) is 26.3 Å². The zero-order chi connectivity index (χ0) is 13.7. The standard InChI is InChI=1S/C17H20O2/c1-3-5-11-15(14-9-7-6-8-10-14)16-13(4-2)12-19-17(16)18/h4,6-10,13H,2-3,5,11-12H2,1H3/b16-15+. The molecule has 0 N–H and O–H groups in total. The monoisotopic (exact) mass is 256 g/mol. The van der Waals surface area contributed by atoms with Gasteiger partial charge in [0.05, 0.1) is 5.57 Å². The van der Waals surface area contributed by atoms with Crippen LogP contribution in [0.4, 0.5) is 0 Å². The van der Waals surface area contributed by atoms with Crippen LogP contribution in [0.5, 0.6) is 0 Å². The maximum Gasteiger partial charge on any atom is 0.335 e. The maximum atomic E-state index is 12.0. The van der Waals surface area contributed by atoms with Gasteiger partial charge in [-0.15, -0.1) is 6.58 Å². The molecule has 2 nitrogen and oxygen atoms in total. The van der Waals surface area contributed by atoms with E-state index in [1.165, 1.54) is 0 Å². The quantitative estimate of drug-likeness (QED) is 0.452. The summed E-state index contributed by atoms with van der Waals surface area (Å²) in [6.45, 7) is 6.41. The molecule has 0 saturated carbocycles. The van der Waals surface area contributed by atoms with Crippen molar-refractivity contribution in [2.45, 2.75) is 26.2 Å². The van der Waals surface area contributed by atoms with E-state index in [0.29, 0.717) is 6.61 Å². The average molecular weight is 256 g/mol. The molecule has 1 aliphatic heterocycles. The Balaban J connectivity index is 2.46. The number of carbonyl (C=O) groups excluding carboxylic acids is 1. The number of cyclic esters (lactones) is 1. The molecule has 100 valence electrons. The molecule has 0 bridgehead atoms. The molecule has 0 aliphatic carbocycles. The summed E-state index contributed by atoms with van der Waals surface area (Å²) < 4.78 is 5.18. The fourth-order valence-corrected chi connectivity index (χ4v) is 2.44. The lowest BCUT2D eigenvalue weighted by Crippen LogP contribution is -2.05. The van der Waals surface area contributed by atoms with Crippen molar-refractivity contribution in [2.24, 2.45) is 5.92 Å². The van der Waals surface area contributed by atoms with Crippen LogP contribution in [0.2, 0.25) is 0 Å². The number of unbranched alkanes of at least 4 members (excludes halogenated alkanes) is 1. The molecule has 1 aromatic rings. The minimum absolute atomic E-state index is 0.0274. The molecule has 0 amide bonds. The number of hydrogen-bond acceptors (Lipinski definition) is 2. The summed E-state index contributed by atoms with van der Waals surface area (Å²) in [5.74, 6) is -0.153. The molecule has 1 atom stereocenters. The van der Waals surface area contributed by atoms with Crippen LogP contribution in [0.15, 0.2) is 48.6 Å². The van der Waals surface area contributed by atoms with Crippen LogP contribution in [-0.2, 0) is 9.53 Å². The molecule has 0 spiro atoms. The lowest BCUT2D eigenvalue weighted by Gasteiger charge is -2.12. The second kappa shape index (κ2) is 6.37. The van der Waals surface area contributed by atoms with Gasteiger partial charge in [-0.2, -0.15) is 0 Å². The van der Waals surface area contributed by atoms with Crippen molar-refractivity contribution < 1.29 is 9.53 Å². The maximum absolute atomic E-state index is 12.0. The van der Waals surface area contributed by atoms with Crippen LogP contribution in [0.3, 0.4) is 0 Å². The number of ether oxygens (including phenoxy) is 1. The Labute approximate surface area is 114 Å². The van der Waals surface area contributed by atoms with Crippen LogP contribution < -0.4 is 0 Å². The molecule has 2 heteroatoms. The van der Waals surface area contributed by atoms with Gasteiger partial charge >= 0.3 is 5.97 Å². The highest BCUT2D eigenvalue weighted by molar-refractivity contribution is 6.00. The number of benzene rings is 1. The Kier molecular flexibility index (Phi) is 4.56. The smallest absolute Gasteiger partial charge is 0.335 e. The third-order valence-corrected chi connectivity index (χ3v) is 3.50. The van der Waals surface area contributed by atoms with Gasteiger partial charge < -0.3 is 4.74 Å². The first kappa shape index (κ1) is 13.6. The fourth-order valence-electron chi connectivity index (χ4n) is 2.44. The number of hydrogen-bond donors (Lipinski definition) is 0. The summed E-state index contributed by atoms with van der Waals surface area (Å²) in [4.78, 5) is 12.0. The molecular weight excluding hydrogens is 236 g/mol. The number of rotatable bonds is 5. The summed E-state index contributed by atoms with van der Waals surface area (Å²) in [6, 6.07) is 10.1. The van der Waals surface area contributed by atoms with E-state index in [0.717, 1.165) is 36.0 Å². The van der Waals surface area contributed by atoms with Crippen LogP contribution in [0.1, 0.15) is 31.7 Å². The largest absolute Gasteiger partial charge is 0.461 e. The van der Waals surface area contributed by atoms with Gasteiger partial charge in [0.2, 0.25) is 0 Å². The minimum Gasteiger partial charge on any atom is -0.461 e. The first-order valence-electron chi connectivity index (χ1n) is 6.86. The van der Waals surface area contributed by atoms with E-state index in [1.807, 2.05) is 24.3 Å². The van der Waals surface area contributed by atoms with Crippen LogP contribution in [-0.4, -0.2) is 12.6 Å². The second-order valence-electron chi connectivity index (χ2n) is 4.80. The lowest BCUT2D eigenvalue weighted by atomic mass is 9.89. The Bertz CT molecular complexity index is 485. The zero-order valence-electron chi connectivity index (χ0n) is 11.4. The summed E-state index contributed by atoms with van der Waals surface area (Å²) in [5.41, 5.74) is 3.04. The fraction of sp³-hybridized carbons (Fsp3) is 0.353. The molecule has 1 aromatic carbocycles. The number of esters is 1. The van der Waals surface area contributed by atoms with Crippen LogP contribution in [0, 0.1) is 5.92 Å². The molecular formula is C17H20O2. The number of carbonyl (C=O) groups is 1. The van der Waals surface area contributed by atoms with E-state index < -0.39 is 0 Å². The molecule has 1 heterocycles. The van der Waals surface area contributed by atoms with Crippen molar-refractivity contribution in [3.8, 4) is 0 Å². The normalized spacial score (nSPS) is 21.1. The van der Waals surface area contributed by atoms with Crippen molar-refractivity contribution >= 4 is 11.5 Å². The van der Waals surface area contributed by atoms with Crippen molar-refractivity contribution in [3.05, 3.63) is 54.1 Å². The van der Waals surface area contributed by atoms with Gasteiger partial charge in [-0.25, -0.2) is 4.79 Å². The van der Waals surface area contributed by atoms with Crippen molar-refractivity contribution in [1.29, 1.82) is 0 Å². The number of allylic oxidation sites excluding steroid dienone is 1. The van der Waals surface area contributed by atoms with E-state index in [-0.39, 0.29) is 11.9 Å². The summed E-state index contributed by atoms with van der Waals surface area (Å²) in [5, 5.41) is 0. The summed E-state index contributed by atoms with van der Waals surface area (Å²) in [7, 11) is 0. The zero-order valence-corrected chi connectivity index (χ0v) is 11.4. The van der Waals surface area contributed by atoms with Crippen molar-refractivity contribution in [2.75, 3.05) is 6.61 Å². The summed E-state index contributed by atoms with van der Waals surface area (Å²) >= 11 is 0. The van der Waals surface area contributed by atoms with E-state index >= 15 is 0 Å². The molecule has 1 fully saturated rings. The minimum atomic E-state index is -0.181. The summed E-state index contributed by atoms with van der Waals surface area (Å²) in [6.07, 6.45) is 4.91. The van der Waals surface area contributed by atoms with Gasteiger partial charge in [0.1, 0.15) is 6.61 Å². The molecule has 0 aromatic heterocycles. The second-order valence-corrected chi connectivity index (χ2v) is 4.80. The van der Waals surface area contributed by atoms with E-state index in [4.69, 9.17) is 4.74 Å². The van der Waals surface area contributed by atoms with Gasteiger partial charge in [0.15, 0.2) is 0 Å². The van der Waals surface area contributed by atoms with E-state index in [2.05, 4.69) is 25.6 Å². The van der Waals surface area contributed by atoms with Gasteiger partial charge in [-0.05, 0) is 24.0 Å². The molecule has 2 rings (SSSR count). The molecule has 0 radical (unpaired) electrons. The lowest BCUT2D eigenvalue weighted by molar-refractivity contribution is -0.135. The van der Waals surface area contributed by atoms with Gasteiger partial charge in [-0.3, -0.25) is 0 Å². The average Bonchev–Trinajstić information content (AvgIpc) is 2.82. The SMILES string of the molecule is C=CC1COC(=O)/C1=C(\CCCC)c1ccccc1. The van der Waals surface area contributed by atoms with E-state index in [1.54, 1.807) is 0 Å². The molecule has 1 unspecified atom stereocenters.